The molecule has 0 aromatic carbocycles. The molecule has 3 heterocycles. The van der Waals surface area contributed by atoms with Gasteiger partial charge in [0.05, 0.1) is 6.61 Å². The quantitative estimate of drug-likeness (QED) is 0.655. The van der Waals surface area contributed by atoms with Crippen LogP contribution >= 0.6 is 0 Å². The van der Waals surface area contributed by atoms with Crippen LogP contribution in [0.1, 0.15) is 33.6 Å². The number of rotatable bonds is 1. The van der Waals surface area contributed by atoms with Gasteiger partial charge in [-0.05, 0) is 30.8 Å². The van der Waals surface area contributed by atoms with Crippen molar-refractivity contribution in [2.45, 2.75) is 57.7 Å². The maximum Gasteiger partial charge on any atom is 0.331 e. The summed E-state index contributed by atoms with van der Waals surface area (Å²) in [5, 5.41) is 22.3. The third kappa shape index (κ3) is 1.62. The van der Waals surface area contributed by atoms with E-state index in [0.29, 0.717) is 6.42 Å². The van der Waals surface area contributed by atoms with Crippen LogP contribution in [0.5, 0.6) is 0 Å². The van der Waals surface area contributed by atoms with Gasteiger partial charge in [-0.25, -0.2) is 4.79 Å². The number of carbonyl (C=O) groups excluding carboxylic acids is 2. The molecule has 0 unspecified atom stereocenters. The summed E-state index contributed by atoms with van der Waals surface area (Å²) in [6.07, 6.45) is 0.0796. The molecule has 26 heavy (non-hydrogen) atoms. The van der Waals surface area contributed by atoms with Crippen LogP contribution in [0.25, 0.3) is 0 Å². The SMILES string of the molecule is CC1=CC(=O)O[C@H]1[C@@]1(C)C[C@H]2OC(=O)C[C@H]3[C@@H](C)[C@@H](O)[C@]4(O)OC[C@]23[C@@H]14. The first-order valence-corrected chi connectivity index (χ1v) is 9.27. The van der Waals surface area contributed by atoms with Crippen LogP contribution in [0.4, 0.5) is 0 Å². The summed E-state index contributed by atoms with van der Waals surface area (Å²) >= 11 is 0. The molecule has 5 aliphatic rings. The lowest BCUT2D eigenvalue weighted by atomic mass is 9.50. The molecule has 4 fully saturated rings. The zero-order chi connectivity index (χ0) is 18.6. The lowest BCUT2D eigenvalue weighted by molar-refractivity contribution is -0.299. The van der Waals surface area contributed by atoms with Gasteiger partial charge in [0.1, 0.15) is 18.3 Å². The summed E-state index contributed by atoms with van der Waals surface area (Å²) in [5.41, 5.74) is -0.482. The molecule has 3 aliphatic heterocycles. The van der Waals surface area contributed by atoms with E-state index in [1.54, 1.807) is 0 Å². The second-order valence-electron chi connectivity index (χ2n) is 9.09. The number of aliphatic hydroxyl groups excluding tert-OH is 1. The summed E-state index contributed by atoms with van der Waals surface area (Å²) in [4.78, 5) is 24.1. The number of hydrogen-bond donors (Lipinski definition) is 2. The molecule has 1 spiro atoms. The second-order valence-corrected chi connectivity index (χ2v) is 9.09. The number of hydrogen-bond acceptors (Lipinski definition) is 7. The molecule has 7 nitrogen and oxygen atoms in total. The maximum atomic E-state index is 12.3. The lowest BCUT2D eigenvalue weighted by Crippen LogP contribution is -2.66. The fourth-order valence-electron chi connectivity index (χ4n) is 7.10. The largest absolute Gasteiger partial charge is 0.462 e. The molecule has 2 aliphatic carbocycles. The molecule has 9 atom stereocenters. The Kier molecular flexibility index (Phi) is 3.02. The van der Waals surface area contributed by atoms with Crippen LogP contribution in [-0.4, -0.2) is 52.9 Å². The molecule has 0 radical (unpaired) electrons. The van der Waals surface area contributed by atoms with Gasteiger partial charge in [0.25, 0.3) is 0 Å². The van der Waals surface area contributed by atoms with Gasteiger partial charge in [-0.1, -0.05) is 13.8 Å². The number of ether oxygens (including phenoxy) is 3. The highest BCUT2D eigenvalue weighted by atomic mass is 16.7. The van der Waals surface area contributed by atoms with Crippen molar-refractivity contribution in [1.29, 1.82) is 0 Å². The van der Waals surface area contributed by atoms with Gasteiger partial charge in [0.15, 0.2) is 5.79 Å². The Hall–Kier alpha value is -1.44. The van der Waals surface area contributed by atoms with Crippen LogP contribution in [0.3, 0.4) is 0 Å². The average molecular weight is 364 g/mol. The fraction of sp³-hybridized carbons (Fsp3) is 0.789. The maximum absolute atomic E-state index is 12.3. The summed E-state index contributed by atoms with van der Waals surface area (Å²) in [5.74, 6) is -3.34. The van der Waals surface area contributed by atoms with E-state index < -0.39 is 46.8 Å². The monoisotopic (exact) mass is 364 g/mol. The minimum atomic E-state index is -1.74. The molecular formula is C19H24O7. The van der Waals surface area contributed by atoms with Gasteiger partial charge < -0.3 is 24.4 Å². The highest BCUT2D eigenvalue weighted by molar-refractivity contribution is 5.86. The van der Waals surface area contributed by atoms with Crippen molar-refractivity contribution in [2.75, 3.05) is 6.61 Å². The highest BCUT2D eigenvalue weighted by Gasteiger charge is 2.82. The number of aliphatic hydroxyl groups is 2. The van der Waals surface area contributed by atoms with E-state index in [9.17, 15) is 19.8 Å². The van der Waals surface area contributed by atoms with Crippen LogP contribution in [-0.2, 0) is 23.8 Å². The van der Waals surface area contributed by atoms with Crippen molar-refractivity contribution < 1.29 is 34.0 Å². The van der Waals surface area contributed by atoms with Crippen molar-refractivity contribution in [1.82, 2.24) is 0 Å². The first kappa shape index (κ1) is 16.7. The number of cyclic esters (lactones) is 1. The van der Waals surface area contributed by atoms with Crippen molar-refractivity contribution in [3.05, 3.63) is 11.6 Å². The normalized spacial score (nSPS) is 57.5. The highest BCUT2D eigenvalue weighted by Crippen LogP contribution is 2.74. The predicted molar refractivity (Wildman–Crippen MR) is 86.3 cm³/mol. The zero-order valence-electron chi connectivity index (χ0n) is 15.1. The van der Waals surface area contributed by atoms with Crippen LogP contribution in [0, 0.1) is 28.6 Å². The molecular weight excluding hydrogens is 340 g/mol. The van der Waals surface area contributed by atoms with E-state index in [0.717, 1.165) is 5.57 Å². The third-order valence-electron chi connectivity index (χ3n) is 7.89. The van der Waals surface area contributed by atoms with Crippen LogP contribution in [0.2, 0.25) is 0 Å². The fourth-order valence-corrected chi connectivity index (χ4v) is 7.10. The Bertz CT molecular complexity index is 746. The van der Waals surface area contributed by atoms with Gasteiger partial charge in [-0.15, -0.1) is 0 Å². The average Bonchev–Trinajstić information content (AvgIpc) is 3.14. The summed E-state index contributed by atoms with van der Waals surface area (Å²) < 4.78 is 17.2. The number of carbonyl (C=O) groups is 2. The molecule has 2 bridgehead atoms. The summed E-state index contributed by atoms with van der Waals surface area (Å²) in [7, 11) is 0. The standard InChI is InChI=1S/C19H24O7/c1-8-4-12(20)26-15(8)17(3)6-11-18-7-24-19(23,16(17)18)14(22)9(2)10(18)5-13(21)25-11/h4,9-11,14-16,22-23H,5-7H2,1-3H3/t9-,10+,11-,14-,15-,16-,17-,18-,19+/m1/s1. The molecule has 142 valence electrons. The summed E-state index contributed by atoms with van der Waals surface area (Å²) in [6, 6.07) is 0. The molecule has 2 saturated heterocycles. The molecule has 0 amide bonds. The minimum absolute atomic E-state index is 0.139. The molecule has 0 aromatic rings. The second kappa shape index (κ2) is 4.69. The third-order valence-corrected chi connectivity index (χ3v) is 7.89. The Balaban J connectivity index is 1.70. The summed E-state index contributed by atoms with van der Waals surface area (Å²) in [6.45, 7) is 5.88. The van der Waals surface area contributed by atoms with E-state index in [1.165, 1.54) is 6.08 Å². The van der Waals surface area contributed by atoms with Crippen molar-refractivity contribution in [3.63, 3.8) is 0 Å². The molecule has 0 aromatic heterocycles. The van der Waals surface area contributed by atoms with Crippen LogP contribution < -0.4 is 0 Å². The van der Waals surface area contributed by atoms with Crippen molar-refractivity contribution in [2.24, 2.45) is 28.6 Å². The van der Waals surface area contributed by atoms with E-state index in [-0.39, 0.29) is 30.8 Å². The van der Waals surface area contributed by atoms with E-state index in [4.69, 9.17) is 14.2 Å². The lowest BCUT2D eigenvalue weighted by Gasteiger charge is -2.55. The number of esters is 2. The first-order valence-electron chi connectivity index (χ1n) is 9.27. The Labute approximate surface area is 151 Å². The molecule has 2 saturated carbocycles. The predicted octanol–water partition coefficient (Wildman–Crippen LogP) is 0.532. The van der Waals surface area contributed by atoms with E-state index in [2.05, 4.69) is 0 Å². The van der Waals surface area contributed by atoms with E-state index >= 15 is 0 Å². The smallest absolute Gasteiger partial charge is 0.331 e. The van der Waals surface area contributed by atoms with Gasteiger partial charge >= 0.3 is 11.9 Å². The Morgan fingerprint density at radius 2 is 2.00 bits per heavy atom. The van der Waals surface area contributed by atoms with Gasteiger partial charge in [-0.2, -0.15) is 0 Å². The first-order chi connectivity index (χ1) is 12.1. The molecule has 2 N–H and O–H groups in total. The topological polar surface area (TPSA) is 102 Å². The van der Waals surface area contributed by atoms with Gasteiger partial charge in [0, 0.05) is 29.2 Å². The van der Waals surface area contributed by atoms with Crippen molar-refractivity contribution >= 4 is 11.9 Å². The molecule has 7 heteroatoms. The zero-order valence-corrected chi connectivity index (χ0v) is 15.1. The minimum Gasteiger partial charge on any atom is -0.462 e. The van der Waals surface area contributed by atoms with Crippen LogP contribution in [0.15, 0.2) is 11.6 Å². The molecule has 5 rings (SSSR count). The Morgan fingerprint density at radius 1 is 1.27 bits per heavy atom. The van der Waals surface area contributed by atoms with E-state index in [1.807, 2.05) is 20.8 Å². The Morgan fingerprint density at radius 3 is 2.65 bits per heavy atom. The van der Waals surface area contributed by atoms with Gasteiger partial charge in [0.2, 0.25) is 0 Å². The van der Waals surface area contributed by atoms with Crippen molar-refractivity contribution in [3.8, 4) is 0 Å². The van der Waals surface area contributed by atoms with Gasteiger partial charge in [-0.3, -0.25) is 4.79 Å².